The average Bonchev–Trinajstić information content (AvgIpc) is 2.72. The van der Waals surface area contributed by atoms with Crippen LogP contribution in [0.2, 0.25) is 0 Å². The summed E-state index contributed by atoms with van der Waals surface area (Å²) in [6, 6.07) is 20.9. The Hall–Kier alpha value is -2.56. The second-order valence-electron chi connectivity index (χ2n) is 6.39. The molecule has 0 amide bonds. The fourth-order valence-electron chi connectivity index (χ4n) is 2.90. The summed E-state index contributed by atoms with van der Waals surface area (Å²) in [6.45, 7) is 0. The van der Waals surface area contributed by atoms with Crippen molar-refractivity contribution in [2.75, 3.05) is 0 Å². The van der Waals surface area contributed by atoms with E-state index < -0.39 is 37.1 Å². The Labute approximate surface area is 170 Å². The molecule has 2 unspecified atom stereocenters. The highest BCUT2D eigenvalue weighted by atomic mass is 32.2. The Kier molecular flexibility index (Phi) is 6.15. The Morgan fingerprint density at radius 2 is 1.14 bits per heavy atom. The van der Waals surface area contributed by atoms with Gasteiger partial charge in [-0.1, -0.05) is 60.7 Å². The summed E-state index contributed by atoms with van der Waals surface area (Å²) in [5.74, 6) is 0. The van der Waals surface area contributed by atoms with E-state index in [4.69, 9.17) is 10.3 Å². The van der Waals surface area contributed by atoms with Crippen LogP contribution in [0.15, 0.2) is 94.7 Å². The predicted octanol–water partition coefficient (Wildman–Crippen LogP) is 2.65. The summed E-state index contributed by atoms with van der Waals surface area (Å²) in [5.41, 5.74) is 7.84. The topological polar surface area (TPSA) is 127 Å². The Balaban J connectivity index is 1.97. The van der Waals surface area contributed by atoms with Gasteiger partial charge in [0.25, 0.3) is 10.1 Å². The predicted molar refractivity (Wildman–Crippen MR) is 109 cm³/mol. The zero-order valence-electron chi connectivity index (χ0n) is 15.2. The molecule has 0 aromatic heterocycles. The van der Waals surface area contributed by atoms with Crippen molar-refractivity contribution in [1.82, 2.24) is 4.72 Å². The summed E-state index contributed by atoms with van der Waals surface area (Å²) in [6.07, 6.45) is 0. The molecule has 152 valence electrons. The summed E-state index contributed by atoms with van der Waals surface area (Å²) >= 11 is 0. The van der Waals surface area contributed by atoms with Crippen LogP contribution >= 0.6 is 0 Å². The van der Waals surface area contributed by atoms with Crippen molar-refractivity contribution in [3.8, 4) is 0 Å². The third-order valence-electron chi connectivity index (χ3n) is 4.42. The van der Waals surface area contributed by atoms with Crippen LogP contribution < -0.4 is 10.5 Å². The number of rotatable bonds is 7. The quantitative estimate of drug-likeness (QED) is 0.493. The molecule has 0 saturated heterocycles. The molecule has 7 nitrogen and oxygen atoms in total. The van der Waals surface area contributed by atoms with Crippen LogP contribution in [0.5, 0.6) is 0 Å². The highest BCUT2D eigenvalue weighted by Gasteiger charge is 2.27. The molecule has 0 aliphatic carbocycles. The molecule has 2 atom stereocenters. The first-order valence-electron chi connectivity index (χ1n) is 8.64. The maximum atomic E-state index is 12.9. The number of nitrogens with one attached hydrogen (secondary N) is 1. The van der Waals surface area contributed by atoms with E-state index >= 15 is 0 Å². The Morgan fingerprint density at radius 3 is 1.62 bits per heavy atom. The second kappa shape index (κ2) is 8.44. The number of hydrogen-bond acceptors (Lipinski definition) is 5. The minimum atomic E-state index is -4.42. The van der Waals surface area contributed by atoms with Gasteiger partial charge < -0.3 is 5.73 Å². The number of benzene rings is 3. The molecule has 4 N–H and O–H groups in total. The van der Waals surface area contributed by atoms with Crippen molar-refractivity contribution in [3.63, 3.8) is 0 Å². The molecule has 3 rings (SSSR count). The van der Waals surface area contributed by atoms with Gasteiger partial charge in [-0.15, -0.1) is 0 Å². The maximum Gasteiger partial charge on any atom is 0.294 e. The van der Waals surface area contributed by atoms with E-state index in [1.54, 1.807) is 24.3 Å². The summed E-state index contributed by atoms with van der Waals surface area (Å²) in [4.78, 5) is -0.539. The molecule has 0 bridgehead atoms. The van der Waals surface area contributed by atoms with Crippen molar-refractivity contribution in [3.05, 3.63) is 96.1 Å². The van der Waals surface area contributed by atoms with Gasteiger partial charge in [-0.05, 0) is 35.4 Å². The highest BCUT2D eigenvalue weighted by molar-refractivity contribution is 7.89. The van der Waals surface area contributed by atoms with Crippen molar-refractivity contribution < 1.29 is 21.4 Å². The van der Waals surface area contributed by atoms with Crippen molar-refractivity contribution in [1.29, 1.82) is 0 Å². The van der Waals surface area contributed by atoms with Gasteiger partial charge >= 0.3 is 0 Å². The lowest BCUT2D eigenvalue weighted by Gasteiger charge is -2.26. The first kappa shape index (κ1) is 21.2. The lowest BCUT2D eigenvalue weighted by molar-refractivity contribution is 0.482. The highest BCUT2D eigenvalue weighted by Crippen LogP contribution is 2.29. The summed E-state index contributed by atoms with van der Waals surface area (Å²) in [7, 11) is -8.45. The monoisotopic (exact) mass is 432 g/mol. The number of nitrogens with two attached hydrogens (primary N) is 1. The van der Waals surface area contributed by atoms with Crippen LogP contribution in [0, 0.1) is 0 Å². The van der Waals surface area contributed by atoms with Crippen LogP contribution in [0.3, 0.4) is 0 Å². The molecule has 0 spiro atoms. The van der Waals surface area contributed by atoms with E-state index in [0.29, 0.717) is 5.56 Å². The maximum absolute atomic E-state index is 12.9. The van der Waals surface area contributed by atoms with Crippen LogP contribution in [0.25, 0.3) is 0 Å². The largest absolute Gasteiger partial charge is 0.322 e. The van der Waals surface area contributed by atoms with Crippen molar-refractivity contribution in [2.24, 2.45) is 5.73 Å². The van der Waals surface area contributed by atoms with E-state index in [2.05, 4.69) is 4.72 Å². The first-order chi connectivity index (χ1) is 13.7. The molecular formula is C20H20N2O5S2. The lowest BCUT2D eigenvalue weighted by atomic mass is 9.95. The zero-order valence-corrected chi connectivity index (χ0v) is 16.8. The van der Waals surface area contributed by atoms with Crippen LogP contribution in [0.4, 0.5) is 0 Å². The van der Waals surface area contributed by atoms with Gasteiger partial charge in [-0.3, -0.25) is 4.55 Å². The number of sulfonamides is 1. The fourth-order valence-corrected chi connectivity index (χ4v) is 4.63. The molecule has 3 aromatic carbocycles. The normalized spacial score (nSPS) is 14.3. The van der Waals surface area contributed by atoms with E-state index in [1.807, 2.05) is 36.4 Å². The Bertz CT molecular complexity index is 1160. The third-order valence-corrected chi connectivity index (χ3v) is 6.74. The van der Waals surface area contributed by atoms with Gasteiger partial charge in [0.05, 0.1) is 21.9 Å². The van der Waals surface area contributed by atoms with Gasteiger partial charge in [-0.2, -0.15) is 8.42 Å². The lowest BCUT2D eigenvalue weighted by Crippen LogP contribution is -2.36. The van der Waals surface area contributed by atoms with Crippen LogP contribution in [-0.2, 0) is 20.1 Å². The molecule has 0 aliphatic rings. The molecule has 0 fully saturated rings. The van der Waals surface area contributed by atoms with Gasteiger partial charge in [0, 0.05) is 0 Å². The van der Waals surface area contributed by atoms with E-state index in [1.165, 1.54) is 0 Å². The van der Waals surface area contributed by atoms with Crippen LogP contribution in [0.1, 0.15) is 23.2 Å². The molecular weight excluding hydrogens is 412 g/mol. The molecule has 0 aliphatic heterocycles. The molecule has 0 saturated carbocycles. The zero-order chi connectivity index (χ0) is 21.1. The molecule has 0 radical (unpaired) electrons. The molecule has 0 heterocycles. The van der Waals surface area contributed by atoms with Gasteiger partial charge in [0.1, 0.15) is 0 Å². The van der Waals surface area contributed by atoms with E-state index in [-0.39, 0.29) is 4.90 Å². The standard InChI is InChI=1S/C20H20N2O5S2/c21-19(15-7-3-1-4-8-15)20(16-9-5-2-6-10-16)22-28(23,24)17-11-13-18(14-12-17)29(25,26)27/h1-14,19-20,22H,21H2,(H,25,26,27). The van der Waals surface area contributed by atoms with E-state index in [9.17, 15) is 16.8 Å². The van der Waals surface area contributed by atoms with Gasteiger partial charge in [0.15, 0.2) is 0 Å². The minimum Gasteiger partial charge on any atom is -0.322 e. The Morgan fingerprint density at radius 1 is 0.690 bits per heavy atom. The smallest absolute Gasteiger partial charge is 0.294 e. The van der Waals surface area contributed by atoms with Gasteiger partial charge in [-0.25, -0.2) is 13.1 Å². The summed E-state index contributed by atoms with van der Waals surface area (Å²) < 4.78 is 59.9. The van der Waals surface area contributed by atoms with Crippen molar-refractivity contribution >= 4 is 20.1 Å². The summed E-state index contributed by atoms with van der Waals surface area (Å²) in [5, 5.41) is 0. The van der Waals surface area contributed by atoms with Crippen molar-refractivity contribution in [2.45, 2.75) is 21.9 Å². The number of hydrogen-bond donors (Lipinski definition) is 3. The molecule has 3 aromatic rings. The van der Waals surface area contributed by atoms with E-state index in [0.717, 1.165) is 29.8 Å². The SMILES string of the molecule is NC(c1ccccc1)C(NS(=O)(=O)c1ccc(S(=O)(=O)O)cc1)c1ccccc1. The minimum absolute atomic E-state index is 0.147. The van der Waals surface area contributed by atoms with Crippen LogP contribution in [-0.4, -0.2) is 21.4 Å². The second-order valence-corrected chi connectivity index (χ2v) is 9.53. The average molecular weight is 433 g/mol. The molecule has 9 heteroatoms. The fraction of sp³-hybridized carbons (Fsp3) is 0.100. The third kappa shape index (κ3) is 5.08. The first-order valence-corrected chi connectivity index (χ1v) is 11.6. The van der Waals surface area contributed by atoms with Gasteiger partial charge in [0.2, 0.25) is 10.0 Å². The molecule has 29 heavy (non-hydrogen) atoms.